The van der Waals surface area contributed by atoms with Crippen molar-refractivity contribution in [3.8, 4) is 0 Å². The van der Waals surface area contributed by atoms with Crippen molar-refractivity contribution in [1.82, 2.24) is 9.88 Å². The maximum atomic E-state index is 13.0. The van der Waals surface area contributed by atoms with Crippen molar-refractivity contribution in [2.75, 3.05) is 18.9 Å². The fraction of sp³-hybridized carbons (Fsp3) is 0.455. The van der Waals surface area contributed by atoms with Crippen molar-refractivity contribution in [3.63, 3.8) is 0 Å². The molecule has 1 amide bonds. The van der Waals surface area contributed by atoms with E-state index in [1.807, 2.05) is 0 Å². The van der Waals surface area contributed by atoms with E-state index in [1.54, 1.807) is 0 Å². The molecule has 0 bridgehead atoms. The summed E-state index contributed by atoms with van der Waals surface area (Å²) in [5.41, 5.74) is 5.62. The molecule has 0 aromatic carbocycles. The molecule has 17 heavy (non-hydrogen) atoms. The fourth-order valence-electron chi connectivity index (χ4n) is 1.72. The average molecular weight is 239 g/mol. The van der Waals surface area contributed by atoms with Crippen molar-refractivity contribution in [2.24, 2.45) is 0 Å². The maximum Gasteiger partial charge on any atom is 0.258 e. The van der Waals surface area contributed by atoms with E-state index in [4.69, 9.17) is 10.8 Å². The normalized spacial score (nSPS) is 14.7. The van der Waals surface area contributed by atoms with Crippen LogP contribution in [0, 0.1) is 5.82 Å². The number of halogens is 1. The van der Waals surface area contributed by atoms with Gasteiger partial charge >= 0.3 is 0 Å². The lowest BCUT2D eigenvalue weighted by Gasteiger charge is -2.21. The summed E-state index contributed by atoms with van der Waals surface area (Å²) in [5.74, 6) is -0.951. The second-order valence-electron chi connectivity index (χ2n) is 4.04. The number of nitrogens with two attached hydrogens (primary N) is 1. The van der Waals surface area contributed by atoms with Crippen LogP contribution in [0.3, 0.4) is 0 Å². The lowest BCUT2D eigenvalue weighted by molar-refractivity contribution is 0.0708. The predicted octanol–water partition coefficient (Wildman–Crippen LogP) is 0.400. The number of hydrogen-bond donors (Lipinski definition) is 2. The first kappa shape index (κ1) is 11.8. The highest BCUT2D eigenvalue weighted by atomic mass is 19.1. The van der Waals surface area contributed by atoms with Gasteiger partial charge in [0.25, 0.3) is 5.91 Å². The molecular formula is C11H14FN3O2. The van der Waals surface area contributed by atoms with Crippen LogP contribution in [0.4, 0.5) is 10.2 Å². The molecule has 1 aromatic heterocycles. The van der Waals surface area contributed by atoms with Gasteiger partial charge in [0.15, 0.2) is 0 Å². The van der Waals surface area contributed by atoms with Crippen LogP contribution in [-0.4, -0.2) is 40.1 Å². The zero-order valence-corrected chi connectivity index (χ0v) is 9.27. The van der Waals surface area contributed by atoms with E-state index < -0.39 is 5.82 Å². The summed E-state index contributed by atoms with van der Waals surface area (Å²) in [6.07, 6.45) is 2.79. The molecule has 1 aliphatic carbocycles. The number of nitrogens with zero attached hydrogens (tertiary/aromatic N) is 2. The van der Waals surface area contributed by atoms with Crippen LogP contribution in [0.15, 0.2) is 12.3 Å². The number of aliphatic hydroxyl groups is 1. The third kappa shape index (κ3) is 2.52. The minimum absolute atomic E-state index is 0.0139. The van der Waals surface area contributed by atoms with E-state index in [0.29, 0.717) is 0 Å². The van der Waals surface area contributed by atoms with Crippen LogP contribution >= 0.6 is 0 Å². The van der Waals surface area contributed by atoms with Crippen molar-refractivity contribution in [2.45, 2.75) is 18.9 Å². The van der Waals surface area contributed by atoms with Gasteiger partial charge in [-0.3, -0.25) is 4.79 Å². The summed E-state index contributed by atoms with van der Waals surface area (Å²) in [4.78, 5) is 17.3. The van der Waals surface area contributed by atoms with E-state index in [0.717, 1.165) is 25.1 Å². The Kier molecular flexibility index (Phi) is 3.23. The largest absolute Gasteiger partial charge is 0.395 e. The highest BCUT2D eigenvalue weighted by Gasteiger charge is 2.33. The van der Waals surface area contributed by atoms with Gasteiger partial charge in [0.05, 0.1) is 18.4 Å². The quantitative estimate of drug-likeness (QED) is 0.797. The Hall–Kier alpha value is -1.69. The number of hydrogen-bond acceptors (Lipinski definition) is 4. The van der Waals surface area contributed by atoms with Crippen LogP contribution in [-0.2, 0) is 0 Å². The molecule has 1 saturated carbocycles. The van der Waals surface area contributed by atoms with Crippen molar-refractivity contribution in [3.05, 3.63) is 23.6 Å². The molecule has 92 valence electrons. The highest BCUT2D eigenvalue weighted by Crippen LogP contribution is 2.28. The monoisotopic (exact) mass is 239 g/mol. The first-order valence-electron chi connectivity index (χ1n) is 5.46. The molecule has 0 unspecified atom stereocenters. The number of nitrogen functional groups attached to an aromatic ring is 1. The standard InChI is InChI=1S/C11H14FN3O2/c12-7-5-9(10(13)14-6-7)11(17)15(3-4-16)8-1-2-8/h5-6,8,16H,1-4H2,(H2,13,14). The average Bonchev–Trinajstić information content (AvgIpc) is 3.12. The van der Waals surface area contributed by atoms with Crippen LogP contribution in [0.25, 0.3) is 0 Å². The van der Waals surface area contributed by atoms with Gasteiger partial charge < -0.3 is 15.7 Å². The topological polar surface area (TPSA) is 79.5 Å². The van der Waals surface area contributed by atoms with Gasteiger partial charge in [-0.1, -0.05) is 0 Å². The second kappa shape index (κ2) is 4.67. The SMILES string of the molecule is Nc1ncc(F)cc1C(=O)N(CCO)C1CC1. The molecule has 0 atom stereocenters. The number of amides is 1. The van der Waals surface area contributed by atoms with Crippen molar-refractivity contribution < 1.29 is 14.3 Å². The first-order valence-corrected chi connectivity index (χ1v) is 5.46. The number of anilines is 1. The van der Waals surface area contributed by atoms with E-state index in [-0.39, 0.29) is 36.5 Å². The van der Waals surface area contributed by atoms with Gasteiger partial charge in [-0.15, -0.1) is 0 Å². The number of carbonyl (C=O) groups is 1. The molecule has 1 aromatic rings. The molecule has 0 spiro atoms. The summed E-state index contributed by atoms with van der Waals surface area (Å²) < 4.78 is 13.0. The van der Waals surface area contributed by atoms with E-state index in [1.165, 1.54) is 4.90 Å². The number of rotatable bonds is 4. The van der Waals surface area contributed by atoms with Gasteiger partial charge in [0.1, 0.15) is 11.6 Å². The second-order valence-corrected chi connectivity index (χ2v) is 4.04. The Morgan fingerprint density at radius 1 is 1.65 bits per heavy atom. The van der Waals surface area contributed by atoms with Gasteiger partial charge in [0.2, 0.25) is 0 Å². The molecule has 1 fully saturated rings. The molecule has 1 heterocycles. The molecule has 0 aliphatic heterocycles. The van der Waals surface area contributed by atoms with Gasteiger partial charge in [0, 0.05) is 12.6 Å². The summed E-state index contributed by atoms with van der Waals surface area (Å²) >= 11 is 0. The Morgan fingerprint density at radius 3 is 2.94 bits per heavy atom. The number of pyridine rings is 1. The molecule has 2 rings (SSSR count). The van der Waals surface area contributed by atoms with Gasteiger partial charge in [-0.25, -0.2) is 9.37 Å². The fourth-order valence-corrected chi connectivity index (χ4v) is 1.72. The van der Waals surface area contributed by atoms with Gasteiger partial charge in [-0.05, 0) is 18.9 Å². The predicted molar refractivity (Wildman–Crippen MR) is 59.8 cm³/mol. The van der Waals surface area contributed by atoms with Crippen LogP contribution < -0.4 is 5.73 Å². The molecule has 1 aliphatic rings. The smallest absolute Gasteiger partial charge is 0.258 e. The maximum absolute atomic E-state index is 13.0. The molecule has 6 heteroatoms. The summed E-state index contributed by atoms with van der Waals surface area (Å²) in [6, 6.07) is 1.22. The number of aromatic nitrogens is 1. The van der Waals surface area contributed by atoms with Crippen LogP contribution in [0.2, 0.25) is 0 Å². The Morgan fingerprint density at radius 2 is 2.35 bits per heavy atom. The lowest BCUT2D eigenvalue weighted by atomic mass is 10.2. The van der Waals surface area contributed by atoms with Gasteiger partial charge in [-0.2, -0.15) is 0 Å². The third-order valence-electron chi connectivity index (χ3n) is 2.70. The van der Waals surface area contributed by atoms with E-state index >= 15 is 0 Å². The molecule has 3 N–H and O–H groups in total. The van der Waals surface area contributed by atoms with Crippen LogP contribution in [0.1, 0.15) is 23.2 Å². The molecule has 0 saturated heterocycles. The summed E-state index contributed by atoms with van der Waals surface area (Å²) in [5, 5.41) is 8.92. The third-order valence-corrected chi connectivity index (χ3v) is 2.70. The lowest BCUT2D eigenvalue weighted by Crippen LogP contribution is -2.36. The minimum Gasteiger partial charge on any atom is -0.395 e. The summed E-state index contributed by atoms with van der Waals surface area (Å²) in [6.45, 7) is 0.115. The minimum atomic E-state index is -0.595. The molecule has 5 nitrogen and oxygen atoms in total. The first-order chi connectivity index (χ1) is 8.13. The highest BCUT2D eigenvalue weighted by molar-refractivity contribution is 5.98. The Balaban J connectivity index is 2.24. The Labute approximate surface area is 98.1 Å². The number of aliphatic hydroxyl groups excluding tert-OH is 1. The zero-order valence-electron chi connectivity index (χ0n) is 9.27. The van der Waals surface area contributed by atoms with Crippen molar-refractivity contribution >= 4 is 11.7 Å². The molecular weight excluding hydrogens is 225 g/mol. The van der Waals surface area contributed by atoms with E-state index in [9.17, 15) is 9.18 Å². The summed E-state index contributed by atoms with van der Waals surface area (Å²) in [7, 11) is 0. The molecule has 0 radical (unpaired) electrons. The zero-order chi connectivity index (χ0) is 12.4. The van der Waals surface area contributed by atoms with E-state index in [2.05, 4.69) is 4.98 Å². The van der Waals surface area contributed by atoms with Crippen LogP contribution in [0.5, 0.6) is 0 Å². The van der Waals surface area contributed by atoms with Crippen molar-refractivity contribution in [1.29, 1.82) is 0 Å². The Bertz CT molecular complexity index is 435. The number of carbonyl (C=O) groups excluding carboxylic acids is 1.